The Labute approximate surface area is 150 Å². The highest BCUT2D eigenvalue weighted by atomic mass is 19.1. The minimum atomic E-state index is -0.409. The highest BCUT2D eigenvalue weighted by Crippen LogP contribution is 2.36. The molecule has 0 unspecified atom stereocenters. The Balaban J connectivity index is 1.42. The predicted octanol–water partition coefficient (Wildman–Crippen LogP) is 2.46. The van der Waals surface area contributed by atoms with Gasteiger partial charge in [0.2, 0.25) is 0 Å². The van der Waals surface area contributed by atoms with E-state index in [0.717, 1.165) is 12.8 Å². The third-order valence-electron chi connectivity index (χ3n) is 4.89. The van der Waals surface area contributed by atoms with E-state index in [1.165, 1.54) is 12.1 Å². The minimum absolute atomic E-state index is 0.129. The van der Waals surface area contributed by atoms with Gasteiger partial charge in [0.05, 0.1) is 18.8 Å². The number of aromatic nitrogens is 2. The number of piperidine rings is 1. The molecule has 4 rings (SSSR count). The summed E-state index contributed by atoms with van der Waals surface area (Å²) in [6.07, 6.45) is 3.80. The minimum Gasteiger partial charge on any atom is -0.488 e. The van der Waals surface area contributed by atoms with E-state index in [9.17, 15) is 9.18 Å². The highest BCUT2D eigenvalue weighted by molar-refractivity contribution is 5.92. The molecular weight excluding hydrogens is 337 g/mol. The summed E-state index contributed by atoms with van der Waals surface area (Å²) in [5, 5.41) is 7.68. The van der Waals surface area contributed by atoms with Crippen molar-refractivity contribution in [1.82, 2.24) is 15.1 Å². The van der Waals surface area contributed by atoms with Crippen LogP contribution in [0.3, 0.4) is 0 Å². The maximum atomic E-state index is 13.3. The van der Waals surface area contributed by atoms with Crippen LogP contribution in [-0.4, -0.2) is 52.4 Å². The van der Waals surface area contributed by atoms with Crippen LogP contribution in [-0.2, 0) is 4.74 Å². The summed E-state index contributed by atoms with van der Waals surface area (Å²) in [6, 6.07) is 9.49. The number of hydrogen-bond acceptors (Lipinski definition) is 5. The van der Waals surface area contributed by atoms with E-state index >= 15 is 0 Å². The monoisotopic (exact) mass is 357 g/mol. The molecule has 1 aromatic carbocycles. The van der Waals surface area contributed by atoms with E-state index in [2.05, 4.69) is 10.2 Å². The molecule has 1 spiro atoms. The lowest BCUT2D eigenvalue weighted by molar-refractivity contribution is -0.0454. The molecule has 0 bridgehead atoms. The molecule has 2 saturated heterocycles. The van der Waals surface area contributed by atoms with Crippen LogP contribution in [0.15, 0.2) is 42.6 Å². The molecule has 6 nitrogen and oxygen atoms in total. The molecule has 3 heterocycles. The van der Waals surface area contributed by atoms with Crippen molar-refractivity contribution in [3.63, 3.8) is 0 Å². The first-order chi connectivity index (χ1) is 12.6. The molecule has 0 N–H and O–H groups in total. The highest BCUT2D eigenvalue weighted by Gasteiger charge is 2.45. The van der Waals surface area contributed by atoms with Crippen molar-refractivity contribution in [2.75, 3.05) is 19.7 Å². The molecule has 2 aliphatic heterocycles. The number of rotatable bonds is 3. The maximum Gasteiger partial charge on any atom is 0.274 e. The summed E-state index contributed by atoms with van der Waals surface area (Å²) in [6.45, 7) is 1.62. The third kappa shape index (κ3) is 3.53. The second-order valence-electron chi connectivity index (χ2n) is 6.83. The molecule has 0 saturated carbocycles. The second-order valence-corrected chi connectivity index (χ2v) is 6.83. The molecule has 2 aliphatic rings. The number of amides is 1. The molecule has 2 fully saturated rings. The summed E-state index contributed by atoms with van der Waals surface area (Å²) in [5.74, 6) is 0.0452. The molecule has 1 amide bonds. The van der Waals surface area contributed by atoms with Crippen molar-refractivity contribution >= 4 is 5.91 Å². The Bertz CT molecular complexity index is 789. The number of hydrogen-bond donors (Lipinski definition) is 0. The van der Waals surface area contributed by atoms with Gasteiger partial charge < -0.3 is 14.4 Å². The van der Waals surface area contributed by atoms with E-state index in [1.54, 1.807) is 35.4 Å². The first kappa shape index (κ1) is 16.9. The Morgan fingerprint density at radius 1 is 1.35 bits per heavy atom. The topological polar surface area (TPSA) is 64.6 Å². The van der Waals surface area contributed by atoms with Crippen molar-refractivity contribution in [2.45, 2.75) is 31.0 Å². The van der Waals surface area contributed by atoms with E-state index in [0.29, 0.717) is 37.6 Å². The third-order valence-corrected chi connectivity index (χ3v) is 4.89. The fraction of sp³-hybridized carbons (Fsp3) is 0.421. The fourth-order valence-electron chi connectivity index (χ4n) is 3.74. The molecule has 2 atom stereocenters. The van der Waals surface area contributed by atoms with E-state index in [4.69, 9.17) is 9.47 Å². The van der Waals surface area contributed by atoms with E-state index in [1.807, 2.05) is 0 Å². The van der Waals surface area contributed by atoms with Crippen LogP contribution in [0.1, 0.15) is 29.8 Å². The summed E-state index contributed by atoms with van der Waals surface area (Å²) in [4.78, 5) is 14.4. The van der Waals surface area contributed by atoms with Crippen molar-refractivity contribution in [3.8, 4) is 5.75 Å². The zero-order chi connectivity index (χ0) is 18.0. The summed E-state index contributed by atoms with van der Waals surface area (Å²) < 4.78 is 25.3. The van der Waals surface area contributed by atoms with Gasteiger partial charge in [-0.1, -0.05) is 6.07 Å². The lowest BCUT2D eigenvalue weighted by Crippen LogP contribution is -2.50. The molecule has 7 heteroatoms. The van der Waals surface area contributed by atoms with Crippen LogP contribution in [0, 0.1) is 5.82 Å². The van der Waals surface area contributed by atoms with Gasteiger partial charge in [-0.2, -0.15) is 5.10 Å². The van der Waals surface area contributed by atoms with Crippen LogP contribution in [0.5, 0.6) is 5.75 Å². The zero-order valence-electron chi connectivity index (χ0n) is 14.3. The molecule has 0 aliphatic carbocycles. The van der Waals surface area contributed by atoms with Crippen molar-refractivity contribution in [1.29, 1.82) is 0 Å². The van der Waals surface area contributed by atoms with Gasteiger partial charge in [-0.15, -0.1) is 5.10 Å². The van der Waals surface area contributed by atoms with Crippen LogP contribution in [0.4, 0.5) is 4.39 Å². The fourth-order valence-corrected chi connectivity index (χ4v) is 3.74. The first-order valence-corrected chi connectivity index (χ1v) is 8.77. The van der Waals surface area contributed by atoms with Gasteiger partial charge in [0, 0.05) is 25.2 Å². The van der Waals surface area contributed by atoms with Crippen LogP contribution in [0.25, 0.3) is 0 Å². The van der Waals surface area contributed by atoms with E-state index in [-0.39, 0.29) is 17.8 Å². The smallest absolute Gasteiger partial charge is 0.274 e. The van der Waals surface area contributed by atoms with Gasteiger partial charge in [-0.3, -0.25) is 4.79 Å². The molecule has 0 radical (unpaired) electrons. The summed E-state index contributed by atoms with van der Waals surface area (Å²) >= 11 is 0. The lowest BCUT2D eigenvalue weighted by Gasteiger charge is -2.39. The molecular formula is C19H20FN3O3. The Morgan fingerprint density at radius 3 is 3.08 bits per heavy atom. The molecule has 1 aromatic heterocycles. The number of nitrogens with zero attached hydrogens (tertiary/aromatic N) is 3. The number of halogens is 1. The van der Waals surface area contributed by atoms with Gasteiger partial charge in [-0.05, 0) is 37.1 Å². The van der Waals surface area contributed by atoms with Gasteiger partial charge in [0.1, 0.15) is 17.7 Å². The largest absolute Gasteiger partial charge is 0.488 e. The van der Waals surface area contributed by atoms with Crippen LogP contribution in [0.2, 0.25) is 0 Å². The zero-order valence-corrected chi connectivity index (χ0v) is 14.3. The quantitative estimate of drug-likeness (QED) is 0.844. The number of ether oxygens (including phenoxy) is 2. The van der Waals surface area contributed by atoms with Gasteiger partial charge >= 0.3 is 0 Å². The summed E-state index contributed by atoms with van der Waals surface area (Å²) in [5.41, 5.74) is -0.0659. The second kappa shape index (κ2) is 6.99. The number of benzene rings is 1. The van der Waals surface area contributed by atoms with Gasteiger partial charge in [0.15, 0.2) is 5.69 Å². The normalized spacial score (nSPS) is 25.4. The number of likely N-dealkylation sites (tertiary alicyclic amines) is 1. The number of carbonyl (C=O) groups is 1. The first-order valence-electron chi connectivity index (χ1n) is 8.77. The predicted molar refractivity (Wildman–Crippen MR) is 91.3 cm³/mol. The van der Waals surface area contributed by atoms with Gasteiger partial charge in [-0.25, -0.2) is 4.39 Å². The standard InChI is InChI=1S/C19H20FN3O3/c20-14-4-1-5-15(10-14)26-16-11-19(25-12-16)7-3-9-23(13-19)18(24)17-6-2-8-21-22-17/h1-2,4-6,8,10,16H,3,7,9,11-13H2/t16-,19-/m1/s1. The Hall–Kier alpha value is -2.54. The van der Waals surface area contributed by atoms with Crippen LogP contribution >= 0.6 is 0 Å². The SMILES string of the molecule is O=C(c1cccnn1)N1CCC[C@@]2(C[C@@H](Oc3cccc(F)c3)CO2)C1. The lowest BCUT2D eigenvalue weighted by atomic mass is 9.89. The molecule has 26 heavy (non-hydrogen) atoms. The maximum absolute atomic E-state index is 13.3. The van der Waals surface area contributed by atoms with Crippen molar-refractivity contribution in [2.24, 2.45) is 0 Å². The van der Waals surface area contributed by atoms with Crippen LogP contribution < -0.4 is 4.74 Å². The molecule has 136 valence electrons. The average molecular weight is 357 g/mol. The van der Waals surface area contributed by atoms with E-state index < -0.39 is 5.60 Å². The Kier molecular flexibility index (Phi) is 4.55. The van der Waals surface area contributed by atoms with Crippen molar-refractivity contribution < 1.29 is 18.7 Å². The van der Waals surface area contributed by atoms with Gasteiger partial charge in [0.25, 0.3) is 5.91 Å². The van der Waals surface area contributed by atoms with Crippen molar-refractivity contribution in [3.05, 3.63) is 54.1 Å². The number of carbonyl (C=O) groups excluding carboxylic acids is 1. The average Bonchev–Trinajstić information content (AvgIpc) is 3.03. The summed E-state index contributed by atoms with van der Waals surface area (Å²) in [7, 11) is 0. The Morgan fingerprint density at radius 2 is 2.27 bits per heavy atom. The molecule has 2 aromatic rings.